The number of rotatable bonds is 59. The Morgan fingerprint density at radius 3 is 1.01 bits per heavy atom. The molecule has 444 valence electrons. The molecule has 0 bridgehead atoms. The third kappa shape index (κ3) is 56.2. The number of aliphatic hydroxyl groups is 1. The Hall–Kier alpha value is -2.56. The maximum absolute atomic E-state index is 12.9. The van der Waals surface area contributed by atoms with Crippen LogP contribution in [0.5, 0.6) is 0 Å². The van der Waals surface area contributed by atoms with Gasteiger partial charge in [-0.15, -0.1) is 0 Å². The van der Waals surface area contributed by atoms with Gasteiger partial charge in [0.1, 0.15) is 12.7 Å². The van der Waals surface area contributed by atoms with Crippen LogP contribution in [0.3, 0.4) is 0 Å². The van der Waals surface area contributed by atoms with Crippen molar-refractivity contribution in [1.82, 2.24) is 0 Å². The van der Waals surface area contributed by atoms with Crippen molar-refractivity contribution in [3.8, 4) is 0 Å². The average Bonchev–Trinajstić information content (AvgIpc) is 3.41. The molecule has 0 aliphatic rings. The summed E-state index contributed by atoms with van der Waals surface area (Å²) in [5, 5.41) is 9.83. The number of hydrogen-bond acceptors (Lipinski definition) is 10. The van der Waals surface area contributed by atoms with Gasteiger partial charge in [0.15, 0.2) is 6.10 Å². The summed E-state index contributed by atoms with van der Waals surface area (Å²) in [6, 6.07) is 0. The minimum absolute atomic E-state index is 0.162. The first-order valence-electron chi connectivity index (χ1n) is 31.5. The van der Waals surface area contributed by atoms with Crippen molar-refractivity contribution in [2.75, 3.05) is 26.4 Å². The van der Waals surface area contributed by atoms with E-state index in [-0.39, 0.29) is 25.9 Å². The monoisotopic (exact) mass is 1090 g/mol. The van der Waals surface area contributed by atoms with E-state index in [9.17, 15) is 28.9 Å². The zero-order chi connectivity index (χ0) is 55.5. The molecule has 0 aliphatic heterocycles. The van der Waals surface area contributed by atoms with Crippen molar-refractivity contribution >= 4 is 25.7 Å². The van der Waals surface area contributed by atoms with E-state index in [2.05, 4.69) is 69.4 Å². The minimum Gasteiger partial charge on any atom is -0.462 e. The number of ether oxygens (including phenoxy) is 3. The smallest absolute Gasteiger partial charge is 0.462 e. The van der Waals surface area contributed by atoms with E-state index in [4.69, 9.17) is 23.3 Å². The Balaban J connectivity index is 4.71. The summed E-state index contributed by atoms with van der Waals surface area (Å²) in [5.41, 5.74) is 0. The number of phosphoric acid groups is 1. The Labute approximate surface area is 466 Å². The molecule has 0 aliphatic carbocycles. The van der Waals surface area contributed by atoms with Crippen LogP contribution in [0.25, 0.3) is 0 Å². The molecule has 0 radical (unpaired) electrons. The van der Waals surface area contributed by atoms with Crippen LogP contribution in [0.15, 0.2) is 48.6 Å². The van der Waals surface area contributed by atoms with Crippen molar-refractivity contribution in [2.45, 2.75) is 315 Å². The summed E-state index contributed by atoms with van der Waals surface area (Å²) in [5.74, 6) is -1.47. The summed E-state index contributed by atoms with van der Waals surface area (Å²) in [6.07, 6.45) is 63.4. The van der Waals surface area contributed by atoms with E-state index in [0.29, 0.717) is 19.3 Å². The van der Waals surface area contributed by atoms with Gasteiger partial charge in [0.25, 0.3) is 0 Å². The summed E-state index contributed by atoms with van der Waals surface area (Å²) < 4.78 is 39.6. The second-order valence-electron chi connectivity index (χ2n) is 21.2. The number of carbonyl (C=O) groups excluding carboxylic acids is 3. The van der Waals surface area contributed by atoms with E-state index in [1.807, 2.05) is 0 Å². The molecule has 3 unspecified atom stereocenters. The average molecular weight is 1090 g/mol. The van der Waals surface area contributed by atoms with Gasteiger partial charge in [0.05, 0.1) is 19.8 Å². The molecule has 11 nitrogen and oxygen atoms in total. The molecule has 0 saturated carbocycles. The number of hydrogen-bond donors (Lipinski definition) is 2. The fraction of sp³-hybridized carbons (Fsp3) is 0.828. The highest BCUT2D eigenvalue weighted by Gasteiger charge is 2.28. The molecule has 0 aromatic rings. The third-order valence-electron chi connectivity index (χ3n) is 13.7. The van der Waals surface area contributed by atoms with Gasteiger partial charge in [-0.05, 0) is 103 Å². The Morgan fingerprint density at radius 2 is 0.645 bits per heavy atom. The van der Waals surface area contributed by atoms with Crippen LogP contribution in [0, 0.1) is 0 Å². The number of esters is 3. The zero-order valence-corrected chi connectivity index (χ0v) is 50.1. The number of phosphoric ester groups is 1. The molecule has 0 saturated heterocycles. The number of allylic oxidation sites excluding steroid dienone is 8. The van der Waals surface area contributed by atoms with E-state index < -0.39 is 57.8 Å². The Morgan fingerprint density at radius 1 is 0.368 bits per heavy atom. The Kier molecular flexibility index (Phi) is 56.6. The molecule has 3 atom stereocenters. The predicted octanol–water partition coefficient (Wildman–Crippen LogP) is 18.9. The van der Waals surface area contributed by atoms with Crippen molar-refractivity contribution < 1.29 is 52.2 Å². The maximum Gasteiger partial charge on any atom is 0.472 e. The second-order valence-corrected chi connectivity index (χ2v) is 22.7. The molecule has 0 amide bonds. The van der Waals surface area contributed by atoms with Crippen molar-refractivity contribution in [1.29, 1.82) is 0 Å². The summed E-state index contributed by atoms with van der Waals surface area (Å²) in [7, 11) is -4.75. The molecule has 0 rings (SSSR count). The fourth-order valence-electron chi connectivity index (χ4n) is 8.85. The largest absolute Gasteiger partial charge is 0.472 e. The second kappa shape index (κ2) is 58.6. The van der Waals surface area contributed by atoms with E-state index >= 15 is 0 Å². The van der Waals surface area contributed by atoms with Crippen LogP contribution < -0.4 is 0 Å². The third-order valence-corrected chi connectivity index (χ3v) is 14.6. The Bertz CT molecular complexity index is 1460. The minimum atomic E-state index is -4.75. The van der Waals surface area contributed by atoms with Crippen LogP contribution in [-0.2, 0) is 42.2 Å². The van der Waals surface area contributed by atoms with Gasteiger partial charge in [0, 0.05) is 19.3 Å². The lowest BCUT2D eigenvalue weighted by Crippen LogP contribution is -2.30. The summed E-state index contributed by atoms with van der Waals surface area (Å²) in [6.45, 7) is 4.63. The highest BCUT2D eigenvalue weighted by atomic mass is 31.2. The maximum atomic E-state index is 12.9. The van der Waals surface area contributed by atoms with Gasteiger partial charge in [-0.2, -0.15) is 0 Å². The zero-order valence-electron chi connectivity index (χ0n) is 49.2. The fourth-order valence-corrected chi connectivity index (χ4v) is 9.63. The normalized spacial score (nSPS) is 13.6. The van der Waals surface area contributed by atoms with Crippen LogP contribution >= 0.6 is 7.82 Å². The van der Waals surface area contributed by atoms with Gasteiger partial charge in [-0.25, -0.2) is 4.57 Å². The lowest BCUT2D eigenvalue weighted by Gasteiger charge is -2.21. The first kappa shape index (κ1) is 73.4. The molecule has 0 heterocycles. The number of aliphatic hydroxyl groups excluding tert-OH is 1. The number of carbonyl (C=O) groups is 3. The van der Waals surface area contributed by atoms with Crippen LogP contribution in [-0.4, -0.2) is 66.5 Å². The molecular weight excluding hydrogens is 976 g/mol. The van der Waals surface area contributed by atoms with Crippen LogP contribution in [0.1, 0.15) is 303 Å². The SMILES string of the molecule is CCCCC/C=C\C/C=C\CCCCCCCC(=O)OC(CO)COP(=O)(O)OCC(COC(=O)CCCCCCCCC/C=C\CCCCCCCC)OC(=O)CCCCCCCCC/C=C\CCCCCCCC. The first-order chi connectivity index (χ1) is 37.2. The van der Waals surface area contributed by atoms with Gasteiger partial charge in [-0.3, -0.25) is 23.4 Å². The van der Waals surface area contributed by atoms with Crippen LogP contribution in [0.2, 0.25) is 0 Å². The van der Waals surface area contributed by atoms with Crippen molar-refractivity contribution in [3.63, 3.8) is 0 Å². The molecule has 2 N–H and O–H groups in total. The summed E-state index contributed by atoms with van der Waals surface area (Å²) in [4.78, 5) is 48.7. The molecule has 12 heteroatoms. The molecule has 0 fully saturated rings. The lowest BCUT2D eigenvalue weighted by molar-refractivity contribution is -0.161. The van der Waals surface area contributed by atoms with E-state index in [1.165, 1.54) is 148 Å². The summed E-state index contributed by atoms with van der Waals surface area (Å²) >= 11 is 0. The number of unbranched alkanes of at least 4 members (excludes halogenated alkanes) is 34. The molecular formula is C64H117O11P. The highest BCUT2D eigenvalue weighted by Crippen LogP contribution is 2.43. The van der Waals surface area contributed by atoms with Gasteiger partial charge < -0.3 is 24.2 Å². The standard InChI is InChI=1S/C64H117O11P/c1-4-7-10-13-16-19-22-25-28-30-33-35-38-41-44-47-50-53-62(66)71-57-61(75-64(68)55-52-49-46-43-40-37-34-31-29-26-23-20-17-14-11-8-5-2)59-73-76(69,70)72-58-60(56-65)74-63(67)54-51-48-45-42-39-36-32-27-24-21-18-15-12-9-6-3/h18,21,25-29,32,60-61,65H,4-17,19-20,22-24,30-31,33-59H2,1-3H3,(H,69,70)/b21-18-,28-25-,29-26-,32-27-. The van der Waals surface area contributed by atoms with Crippen molar-refractivity contribution in [2.24, 2.45) is 0 Å². The molecule has 0 spiro atoms. The van der Waals surface area contributed by atoms with E-state index in [1.54, 1.807) is 0 Å². The topological polar surface area (TPSA) is 155 Å². The van der Waals surface area contributed by atoms with Crippen LogP contribution in [0.4, 0.5) is 0 Å². The lowest BCUT2D eigenvalue weighted by atomic mass is 10.1. The highest BCUT2D eigenvalue weighted by molar-refractivity contribution is 7.47. The van der Waals surface area contributed by atoms with Gasteiger partial charge in [-0.1, -0.05) is 230 Å². The molecule has 0 aromatic carbocycles. The first-order valence-corrected chi connectivity index (χ1v) is 33.0. The molecule has 0 aromatic heterocycles. The van der Waals surface area contributed by atoms with Crippen molar-refractivity contribution in [3.05, 3.63) is 48.6 Å². The van der Waals surface area contributed by atoms with Gasteiger partial charge >= 0.3 is 25.7 Å². The predicted molar refractivity (Wildman–Crippen MR) is 316 cm³/mol. The van der Waals surface area contributed by atoms with Gasteiger partial charge in [0.2, 0.25) is 0 Å². The molecule has 76 heavy (non-hydrogen) atoms. The quantitative estimate of drug-likeness (QED) is 0.0197. The van der Waals surface area contributed by atoms with E-state index in [0.717, 1.165) is 96.3 Å².